The Morgan fingerprint density at radius 1 is 1.39 bits per heavy atom. The Kier molecular flexibility index (Phi) is 5.33. The fraction of sp³-hybridized carbons (Fsp3) is 0.412. The highest BCUT2D eigenvalue weighted by Crippen LogP contribution is 2.27. The van der Waals surface area contributed by atoms with Crippen molar-refractivity contribution in [1.29, 1.82) is 0 Å². The summed E-state index contributed by atoms with van der Waals surface area (Å²) in [7, 11) is 0. The van der Waals surface area contributed by atoms with Gasteiger partial charge in [0.15, 0.2) is 11.6 Å². The van der Waals surface area contributed by atoms with Crippen molar-refractivity contribution < 1.29 is 9.53 Å². The second-order valence-electron chi connectivity index (χ2n) is 5.85. The molecule has 1 aliphatic carbocycles. The number of halogens is 1. The molecule has 0 aromatic carbocycles. The lowest BCUT2D eigenvalue weighted by molar-refractivity contribution is 0.102. The number of carbonyl (C=O) groups excluding carboxylic acids is 1. The average molecular weight is 378 g/mol. The van der Waals surface area contributed by atoms with Gasteiger partial charge < -0.3 is 15.0 Å². The number of amides is 1. The maximum Gasteiger partial charge on any atom is 0.273 e. The number of anilines is 1. The monoisotopic (exact) mass is 377 g/mol. The van der Waals surface area contributed by atoms with Crippen LogP contribution in [-0.2, 0) is 0 Å². The van der Waals surface area contributed by atoms with Crippen LogP contribution in [0.25, 0.3) is 0 Å². The van der Waals surface area contributed by atoms with Crippen LogP contribution >= 0.6 is 15.9 Å². The fourth-order valence-electron chi connectivity index (χ4n) is 2.84. The molecule has 3 rings (SSSR count). The van der Waals surface area contributed by atoms with E-state index in [9.17, 15) is 4.79 Å². The lowest BCUT2D eigenvalue weighted by Crippen LogP contribution is -2.18. The lowest BCUT2D eigenvalue weighted by Gasteiger charge is -2.22. The van der Waals surface area contributed by atoms with Crippen molar-refractivity contribution in [2.24, 2.45) is 5.92 Å². The Morgan fingerprint density at radius 2 is 2.22 bits per heavy atom. The van der Waals surface area contributed by atoms with Crippen LogP contribution in [0.3, 0.4) is 0 Å². The second kappa shape index (κ2) is 7.64. The molecule has 2 heterocycles. The number of nitrogens with one attached hydrogen (secondary N) is 2. The Labute approximate surface area is 144 Å². The Bertz CT molecular complexity index is 665. The zero-order chi connectivity index (χ0) is 16.1. The fourth-order valence-corrected chi connectivity index (χ4v) is 3.18. The predicted molar refractivity (Wildman–Crippen MR) is 92.8 cm³/mol. The van der Waals surface area contributed by atoms with Gasteiger partial charge in [0.1, 0.15) is 5.69 Å². The summed E-state index contributed by atoms with van der Waals surface area (Å²) >= 11 is 3.32. The molecule has 1 fully saturated rings. The van der Waals surface area contributed by atoms with Crippen molar-refractivity contribution in [2.75, 3.05) is 11.9 Å². The number of hydrogen-bond acceptors (Lipinski definition) is 3. The summed E-state index contributed by atoms with van der Waals surface area (Å²) in [6.45, 7) is 0.683. The number of nitrogens with zero attached hydrogens (tertiary/aromatic N) is 1. The lowest BCUT2D eigenvalue weighted by atomic mass is 9.90. The summed E-state index contributed by atoms with van der Waals surface area (Å²) in [4.78, 5) is 19.4. The van der Waals surface area contributed by atoms with Gasteiger partial charge in [-0.15, -0.1) is 0 Å². The number of carbonyl (C=O) groups is 1. The zero-order valence-electron chi connectivity index (χ0n) is 12.8. The molecule has 2 aromatic heterocycles. The van der Waals surface area contributed by atoms with E-state index in [0.29, 0.717) is 29.8 Å². The molecule has 122 valence electrons. The van der Waals surface area contributed by atoms with E-state index in [4.69, 9.17) is 4.74 Å². The number of rotatable bonds is 5. The molecule has 0 unspecified atom stereocenters. The van der Waals surface area contributed by atoms with Crippen molar-refractivity contribution in [1.82, 2.24) is 9.97 Å². The number of ether oxygens (including phenoxy) is 1. The summed E-state index contributed by atoms with van der Waals surface area (Å²) in [5, 5.41) is 2.80. The van der Waals surface area contributed by atoms with Crippen molar-refractivity contribution in [3.8, 4) is 5.75 Å². The molecule has 0 atom stereocenters. The molecule has 1 aliphatic rings. The van der Waals surface area contributed by atoms with E-state index in [1.54, 1.807) is 18.5 Å². The quantitative estimate of drug-likeness (QED) is 0.811. The zero-order valence-corrected chi connectivity index (χ0v) is 14.4. The molecule has 5 nitrogen and oxygen atoms in total. The summed E-state index contributed by atoms with van der Waals surface area (Å²) in [5.41, 5.74) is 0.473. The number of pyridine rings is 1. The molecule has 6 heteroatoms. The SMILES string of the molecule is O=C(Nc1ncccc1OCC1CCCCC1)c1cc(Br)c[nH]1. The molecule has 23 heavy (non-hydrogen) atoms. The van der Waals surface area contributed by atoms with Crippen LogP contribution in [0, 0.1) is 5.92 Å². The maximum atomic E-state index is 12.2. The third-order valence-electron chi connectivity index (χ3n) is 4.09. The standard InChI is InChI=1S/C17H20BrN3O2/c18-13-9-14(20-10-13)17(22)21-16-15(7-4-8-19-16)23-11-12-5-2-1-3-6-12/h4,7-10,12,20H,1-3,5-6,11H2,(H,19,21,22). The minimum Gasteiger partial charge on any atom is -0.489 e. The molecule has 0 saturated heterocycles. The van der Waals surface area contributed by atoms with E-state index in [0.717, 1.165) is 4.47 Å². The summed E-state index contributed by atoms with van der Waals surface area (Å²) in [6.07, 6.45) is 9.70. The largest absolute Gasteiger partial charge is 0.489 e. The predicted octanol–water partition coefficient (Wildman–Crippen LogP) is 4.38. The Balaban J connectivity index is 1.64. The minimum absolute atomic E-state index is 0.239. The van der Waals surface area contributed by atoms with Crippen LogP contribution in [-0.4, -0.2) is 22.5 Å². The van der Waals surface area contributed by atoms with Gasteiger partial charge in [-0.05, 0) is 52.9 Å². The molecule has 0 bridgehead atoms. The number of aromatic amines is 1. The topological polar surface area (TPSA) is 67.0 Å². The van der Waals surface area contributed by atoms with E-state index in [1.165, 1.54) is 32.1 Å². The van der Waals surface area contributed by atoms with Crippen molar-refractivity contribution in [3.05, 3.63) is 40.8 Å². The van der Waals surface area contributed by atoms with Gasteiger partial charge in [-0.2, -0.15) is 0 Å². The highest BCUT2D eigenvalue weighted by molar-refractivity contribution is 9.10. The maximum absolute atomic E-state index is 12.2. The van der Waals surface area contributed by atoms with Crippen LogP contribution in [0.4, 0.5) is 5.82 Å². The number of hydrogen-bond donors (Lipinski definition) is 2. The number of H-pyrrole nitrogens is 1. The van der Waals surface area contributed by atoms with E-state index in [1.807, 2.05) is 12.1 Å². The van der Waals surface area contributed by atoms with Gasteiger partial charge in [-0.1, -0.05) is 19.3 Å². The molecule has 2 N–H and O–H groups in total. The first-order chi connectivity index (χ1) is 11.2. The minimum atomic E-state index is -0.239. The molecule has 0 aliphatic heterocycles. The van der Waals surface area contributed by atoms with E-state index >= 15 is 0 Å². The Hall–Kier alpha value is -1.82. The molecule has 1 amide bonds. The van der Waals surface area contributed by atoms with Gasteiger partial charge in [0.25, 0.3) is 5.91 Å². The van der Waals surface area contributed by atoms with Gasteiger partial charge in [0.05, 0.1) is 6.61 Å². The molecule has 1 saturated carbocycles. The molecule has 0 spiro atoms. The third kappa shape index (κ3) is 4.34. The van der Waals surface area contributed by atoms with E-state index in [2.05, 4.69) is 31.2 Å². The molecule has 0 radical (unpaired) electrons. The highest BCUT2D eigenvalue weighted by Gasteiger charge is 2.16. The first-order valence-electron chi connectivity index (χ1n) is 7.95. The molecule has 2 aromatic rings. The van der Waals surface area contributed by atoms with Gasteiger partial charge in [-0.3, -0.25) is 4.79 Å². The van der Waals surface area contributed by atoms with E-state index < -0.39 is 0 Å². The van der Waals surface area contributed by atoms with Gasteiger partial charge in [0, 0.05) is 16.9 Å². The highest BCUT2D eigenvalue weighted by atomic mass is 79.9. The van der Waals surface area contributed by atoms with E-state index in [-0.39, 0.29) is 5.91 Å². The summed E-state index contributed by atoms with van der Waals surface area (Å²) < 4.78 is 6.75. The van der Waals surface area contributed by atoms with Crippen molar-refractivity contribution in [3.63, 3.8) is 0 Å². The number of aromatic nitrogens is 2. The van der Waals surface area contributed by atoms with Crippen molar-refractivity contribution >= 4 is 27.7 Å². The average Bonchev–Trinajstić information content (AvgIpc) is 3.02. The summed E-state index contributed by atoms with van der Waals surface area (Å²) in [5.74, 6) is 1.44. The van der Waals surface area contributed by atoms with Crippen LogP contribution < -0.4 is 10.1 Å². The smallest absolute Gasteiger partial charge is 0.273 e. The molecular weight excluding hydrogens is 358 g/mol. The summed E-state index contributed by atoms with van der Waals surface area (Å²) in [6, 6.07) is 5.38. The van der Waals surface area contributed by atoms with Crippen LogP contribution in [0.1, 0.15) is 42.6 Å². The normalized spacial score (nSPS) is 15.3. The van der Waals surface area contributed by atoms with Crippen LogP contribution in [0.15, 0.2) is 35.1 Å². The van der Waals surface area contributed by atoms with Crippen molar-refractivity contribution in [2.45, 2.75) is 32.1 Å². The first kappa shape index (κ1) is 16.1. The van der Waals surface area contributed by atoms with Gasteiger partial charge in [0.2, 0.25) is 0 Å². The van der Waals surface area contributed by atoms with Gasteiger partial charge in [-0.25, -0.2) is 4.98 Å². The van der Waals surface area contributed by atoms with Gasteiger partial charge >= 0.3 is 0 Å². The second-order valence-corrected chi connectivity index (χ2v) is 6.77. The Morgan fingerprint density at radius 3 is 2.96 bits per heavy atom. The third-order valence-corrected chi connectivity index (χ3v) is 4.55. The molecular formula is C17H20BrN3O2. The van der Waals surface area contributed by atoms with Crippen LogP contribution in [0.2, 0.25) is 0 Å². The van der Waals surface area contributed by atoms with Crippen LogP contribution in [0.5, 0.6) is 5.75 Å². The first-order valence-corrected chi connectivity index (χ1v) is 8.75.